The summed E-state index contributed by atoms with van der Waals surface area (Å²) in [4.78, 5) is 4.64. The zero-order valence-corrected chi connectivity index (χ0v) is 11.6. The third-order valence-corrected chi connectivity index (χ3v) is 3.96. The highest BCUT2D eigenvalue weighted by molar-refractivity contribution is 6.30. The molecule has 2 rings (SSSR count). The van der Waals surface area contributed by atoms with Gasteiger partial charge in [-0.25, -0.2) is 0 Å². The monoisotopic (exact) mass is 263 g/mol. The number of nitrogens with zero attached hydrogens (tertiary/aromatic N) is 3. The van der Waals surface area contributed by atoms with Crippen LogP contribution in [0.2, 0.25) is 5.02 Å². The van der Waals surface area contributed by atoms with Gasteiger partial charge in [-0.05, 0) is 38.2 Å². The number of rotatable bonds is 2. The predicted octanol–water partition coefficient (Wildman–Crippen LogP) is 2.76. The molecule has 96 valence electrons. The lowest BCUT2D eigenvalue weighted by molar-refractivity contribution is 0.160. The molecular formula is C14H18ClN3. The van der Waals surface area contributed by atoms with E-state index in [0.717, 1.165) is 18.1 Å². The van der Waals surface area contributed by atoms with Crippen molar-refractivity contribution in [1.29, 1.82) is 5.26 Å². The minimum absolute atomic E-state index is 0.300. The zero-order valence-electron chi connectivity index (χ0n) is 10.8. The second kappa shape index (κ2) is 5.60. The molecule has 18 heavy (non-hydrogen) atoms. The molecule has 0 spiro atoms. The quantitative estimate of drug-likeness (QED) is 0.822. The molecule has 0 radical (unpaired) electrons. The van der Waals surface area contributed by atoms with E-state index in [1.54, 1.807) is 0 Å². The van der Waals surface area contributed by atoms with Crippen molar-refractivity contribution in [3.05, 3.63) is 29.3 Å². The van der Waals surface area contributed by atoms with Crippen LogP contribution < -0.4 is 4.90 Å². The van der Waals surface area contributed by atoms with Gasteiger partial charge in [-0.2, -0.15) is 5.26 Å². The average molecular weight is 264 g/mol. The minimum Gasteiger partial charge on any atom is -0.368 e. The minimum atomic E-state index is 0.300. The van der Waals surface area contributed by atoms with E-state index in [9.17, 15) is 0 Å². The summed E-state index contributed by atoms with van der Waals surface area (Å²) < 4.78 is 0. The molecule has 4 heteroatoms. The van der Waals surface area contributed by atoms with Gasteiger partial charge in [0.25, 0.3) is 0 Å². The highest BCUT2D eigenvalue weighted by Crippen LogP contribution is 2.24. The SMILES string of the molecule is CC1CN(c2ccc(Cl)cc2)CC(CC#N)N1C. The molecule has 2 unspecified atom stereocenters. The Labute approximate surface area is 114 Å². The molecule has 1 aromatic rings. The standard InChI is InChI=1S/C14H18ClN3/c1-11-9-18(10-14(7-8-16)17(11)2)13-5-3-12(15)4-6-13/h3-6,11,14H,7,9-10H2,1-2H3. The summed E-state index contributed by atoms with van der Waals surface area (Å²) in [5.74, 6) is 0. The molecule has 1 heterocycles. The van der Waals surface area contributed by atoms with Crippen molar-refractivity contribution in [3.8, 4) is 6.07 Å². The number of benzene rings is 1. The van der Waals surface area contributed by atoms with E-state index in [4.69, 9.17) is 16.9 Å². The molecule has 3 nitrogen and oxygen atoms in total. The van der Waals surface area contributed by atoms with Crippen LogP contribution in [0.4, 0.5) is 5.69 Å². The molecule has 1 aromatic carbocycles. The van der Waals surface area contributed by atoms with E-state index in [1.165, 1.54) is 5.69 Å². The maximum absolute atomic E-state index is 8.90. The van der Waals surface area contributed by atoms with Crippen LogP contribution >= 0.6 is 11.6 Å². The maximum Gasteiger partial charge on any atom is 0.0638 e. The van der Waals surface area contributed by atoms with Crippen LogP contribution in [0.5, 0.6) is 0 Å². The molecule has 1 saturated heterocycles. The lowest BCUT2D eigenvalue weighted by Gasteiger charge is -2.44. The molecule has 0 amide bonds. The average Bonchev–Trinajstić information content (AvgIpc) is 2.36. The second-order valence-electron chi connectivity index (χ2n) is 4.91. The topological polar surface area (TPSA) is 30.3 Å². The molecule has 0 bridgehead atoms. The predicted molar refractivity (Wildman–Crippen MR) is 74.9 cm³/mol. The van der Waals surface area contributed by atoms with Gasteiger partial charge in [0.15, 0.2) is 0 Å². The van der Waals surface area contributed by atoms with Crippen molar-refractivity contribution in [3.63, 3.8) is 0 Å². The van der Waals surface area contributed by atoms with Crippen LogP contribution in [0.3, 0.4) is 0 Å². The fraction of sp³-hybridized carbons (Fsp3) is 0.500. The van der Waals surface area contributed by atoms with Crippen LogP contribution in [0.1, 0.15) is 13.3 Å². The molecule has 1 aliphatic heterocycles. The van der Waals surface area contributed by atoms with Crippen LogP contribution in [-0.4, -0.2) is 37.1 Å². The lowest BCUT2D eigenvalue weighted by Crippen LogP contribution is -2.56. The highest BCUT2D eigenvalue weighted by Gasteiger charge is 2.29. The summed E-state index contributed by atoms with van der Waals surface area (Å²) in [6.45, 7) is 4.09. The molecule has 0 N–H and O–H groups in total. The molecule has 2 atom stereocenters. The van der Waals surface area contributed by atoms with E-state index in [1.807, 2.05) is 24.3 Å². The zero-order chi connectivity index (χ0) is 13.1. The summed E-state index contributed by atoms with van der Waals surface area (Å²) in [5, 5.41) is 9.66. The largest absolute Gasteiger partial charge is 0.368 e. The first-order chi connectivity index (χ1) is 8.61. The second-order valence-corrected chi connectivity index (χ2v) is 5.35. The van der Waals surface area contributed by atoms with E-state index >= 15 is 0 Å². The van der Waals surface area contributed by atoms with Gasteiger partial charge < -0.3 is 4.90 Å². The van der Waals surface area contributed by atoms with Crippen LogP contribution in [-0.2, 0) is 0 Å². The molecular weight excluding hydrogens is 246 g/mol. The molecule has 0 aromatic heterocycles. The van der Waals surface area contributed by atoms with Crippen molar-refractivity contribution in [1.82, 2.24) is 4.90 Å². The van der Waals surface area contributed by atoms with Crippen molar-refractivity contribution in [2.24, 2.45) is 0 Å². The number of hydrogen-bond donors (Lipinski definition) is 0. The lowest BCUT2D eigenvalue weighted by atomic mass is 10.0. The van der Waals surface area contributed by atoms with E-state index in [0.29, 0.717) is 18.5 Å². The van der Waals surface area contributed by atoms with Crippen LogP contribution in [0.15, 0.2) is 24.3 Å². The Hall–Kier alpha value is -1.24. The molecule has 0 saturated carbocycles. The summed E-state index contributed by atoms with van der Waals surface area (Å²) in [5.41, 5.74) is 1.18. The van der Waals surface area contributed by atoms with Crippen molar-refractivity contribution < 1.29 is 0 Å². The first-order valence-corrected chi connectivity index (χ1v) is 6.59. The smallest absolute Gasteiger partial charge is 0.0638 e. The van der Waals surface area contributed by atoms with Gasteiger partial charge in [0.05, 0.1) is 12.5 Å². The Morgan fingerprint density at radius 3 is 2.61 bits per heavy atom. The number of piperazine rings is 1. The number of nitriles is 1. The fourth-order valence-electron chi connectivity index (χ4n) is 2.44. The Morgan fingerprint density at radius 1 is 1.33 bits per heavy atom. The maximum atomic E-state index is 8.90. The van der Waals surface area contributed by atoms with Gasteiger partial charge >= 0.3 is 0 Å². The number of likely N-dealkylation sites (N-methyl/N-ethyl adjacent to an activating group) is 1. The summed E-state index contributed by atoms with van der Waals surface area (Å²) in [6.07, 6.45) is 0.574. The molecule has 1 fully saturated rings. The highest BCUT2D eigenvalue weighted by atomic mass is 35.5. The van der Waals surface area contributed by atoms with Gasteiger partial charge in [-0.15, -0.1) is 0 Å². The third-order valence-electron chi connectivity index (χ3n) is 3.71. The Kier molecular flexibility index (Phi) is 4.11. The summed E-state index contributed by atoms with van der Waals surface area (Å²) in [7, 11) is 2.10. The summed E-state index contributed by atoms with van der Waals surface area (Å²) in [6, 6.07) is 11.0. The van der Waals surface area contributed by atoms with Gasteiger partial charge in [-0.1, -0.05) is 11.6 Å². The van der Waals surface area contributed by atoms with Gasteiger partial charge in [0, 0.05) is 35.9 Å². The van der Waals surface area contributed by atoms with Gasteiger partial charge in [0.1, 0.15) is 0 Å². The number of halogens is 1. The Bertz CT molecular complexity index is 437. The Morgan fingerprint density at radius 2 is 2.00 bits per heavy atom. The van der Waals surface area contributed by atoms with Crippen LogP contribution in [0, 0.1) is 11.3 Å². The Balaban J connectivity index is 2.15. The van der Waals surface area contributed by atoms with E-state index < -0.39 is 0 Å². The number of hydrogen-bond acceptors (Lipinski definition) is 3. The van der Waals surface area contributed by atoms with Crippen molar-refractivity contribution >= 4 is 17.3 Å². The van der Waals surface area contributed by atoms with E-state index in [2.05, 4.69) is 29.8 Å². The molecule has 1 aliphatic rings. The summed E-state index contributed by atoms with van der Waals surface area (Å²) >= 11 is 5.91. The first kappa shape index (κ1) is 13.2. The van der Waals surface area contributed by atoms with Crippen molar-refractivity contribution in [2.75, 3.05) is 25.0 Å². The third kappa shape index (κ3) is 2.77. The first-order valence-electron chi connectivity index (χ1n) is 6.21. The number of anilines is 1. The molecule has 0 aliphatic carbocycles. The van der Waals surface area contributed by atoms with Crippen LogP contribution in [0.25, 0.3) is 0 Å². The van der Waals surface area contributed by atoms with Crippen molar-refractivity contribution in [2.45, 2.75) is 25.4 Å². The van der Waals surface area contributed by atoms with Gasteiger partial charge in [0.2, 0.25) is 0 Å². The fourth-order valence-corrected chi connectivity index (χ4v) is 2.57. The van der Waals surface area contributed by atoms with E-state index in [-0.39, 0.29) is 0 Å². The van der Waals surface area contributed by atoms with Gasteiger partial charge in [-0.3, -0.25) is 4.90 Å². The normalized spacial score (nSPS) is 24.9.